The molecule has 3 aromatic rings. The molecule has 29 heavy (non-hydrogen) atoms. The minimum atomic E-state index is -2.64. The maximum atomic E-state index is 12.8. The summed E-state index contributed by atoms with van der Waals surface area (Å²) in [6.45, 7) is -3.52. The average molecular weight is 400 g/mol. The summed E-state index contributed by atoms with van der Waals surface area (Å²) in [5, 5.41) is 6.45. The molecule has 1 aliphatic rings. The number of oxazole rings is 1. The fourth-order valence-corrected chi connectivity index (χ4v) is 3.69. The van der Waals surface area contributed by atoms with Crippen LogP contribution in [0.4, 0.5) is 5.82 Å². The first-order valence-corrected chi connectivity index (χ1v) is 9.66. The Bertz CT molecular complexity index is 1190. The molecule has 0 atom stereocenters. The van der Waals surface area contributed by atoms with E-state index in [-0.39, 0.29) is 17.9 Å². The molecule has 0 unspecified atom stereocenters. The highest BCUT2D eigenvalue weighted by molar-refractivity contribution is 5.93. The van der Waals surface area contributed by atoms with Gasteiger partial charge in [-0.05, 0) is 37.8 Å². The van der Waals surface area contributed by atoms with Crippen molar-refractivity contribution in [2.75, 3.05) is 5.32 Å². The highest BCUT2D eigenvalue weighted by Crippen LogP contribution is 2.27. The summed E-state index contributed by atoms with van der Waals surface area (Å²) in [6, 6.07) is 3.52. The smallest absolute Gasteiger partial charge is 0.228 e. The van der Waals surface area contributed by atoms with Crippen LogP contribution in [0.25, 0.3) is 22.4 Å². The predicted octanol–water partition coefficient (Wildman–Crippen LogP) is 4.09. The molecule has 0 aromatic carbocycles. The molecule has 3 aromatic heterocycles. The summed E-state index contributed by atoms with van der Waals surface area (Å²) >= 11 is 0. The second-order valence-electron chi connectivity index (χ2n) is 7.34. The van der Waals surface area contributed by atoms with Crippen LogP contribution in [0, 0.1) is 12.8 Å². The number of hydrogen-bond acceptors (Lipinski definition) is 6. The Morgan fingerprint density at radius 2 is 2.03 bits per heavy atom. The molecule has 4 rings (SSSR count). The number of hydrogen-bond donors (Lipinski definition) is 2. The lowest BCUT2D eigenvalue weighted by Gasteiger charge is -2.29. The topological polar surface area (TPSA) is 92.9 Å². The van der Waals surface area contributed by atoms with Gasteiger partial charge in [-0.2, -0.15) is 0 Å². The zero-order chi connectivity index (χ0) is 25.4. The van der Waals surface area contributed by atoms with Gasteiger partial charge in [0.05, 0.1) is 11.7 Å². The van der Waals surface area contributed by atoms with Crippen LogP contribution in [0.5, 0.6) is 0 Å². The van der Waals surface area contributed by atoms with Gasteiger partial charge in [0.25, 0.3) is 0 Å². The number of nitrogens with zero attached hydrogens (tertiary/aromatic N) is 3. The van der Waals surface area contributed by atoms with Crippen LogP contribution < -0.4 is 10.6 Å². The van der Waals surface area contributed by atoms with E-state index in [1.54, 1.807) is 25.4 Å². The standard InChI is InChI=1S/C22H27N5O2/c1-13(2)25-17-7-4-15(5-8-17)22(28)27-21-10-19-16(11-24-21)6-9-18(26-19)20-12-23-14(3)29-20/h6,9-13,15,17,25H,4-5,7-8H2,1-3H3,(H,24,27,28)/i1D3,2D3. The Morgan fingerprint density at radius 1 is 1.21 bits per heavy atom. The predicted molar refractivity (Wildman–Crippen MR) is 112 cm³/mol. The summed E-state index contributed by atoms with van der Waals surface area (Å²) in [4.78, 5) is 25.8. The number of fused-ring (bicyclic) bond motifs is 1. The number of amides is 1. The van der Waals surface area contributed by atoms with E-state index in [9.17, 15) is 4.79 Å². The molecule has 1 fully saturated rings. The van der Waals surface area contributed by atoms with E-state index in [1.807, 2.05) is 12.1 Å². The number of anilines is 1. The molecule has 0 bridgehead atoms. The zero-order valence-corrected chi connectivity index (χ0v) is 16.1. The Balaban J connectivity index is 1.38. The van der Waals surface area contributed by atoms with E-state index in [2.05, 4.69) is 25.6 Å². The molecule has 7 heteroatoms. The van der Waals surface area contributed by atoms with Crippen molar-refractivity contribution in [2.45, 2.75) is 58.4 Å². The first-order valence-electron chi connectivity index (χ1n) is 12.7. The van der Waals surface area contributed by atoms with Gasteiger partial charge in [-0.1, -0.05) is 13.7 Å². The molecule has 152 valence electrons. The largest absolute Gasteiger partial charge is 0.439 e. The second-order valence-corrected chi connectivity index (χ2v) is 7.34. The lowest BCUT2D eigenvalue weighted by atomic mass is 9.85. The van der Waals surface area contributed by atoms with Crippen molar-refractivity contribution in [1.29, 1.82) is 0 Å². The number of carbonyl (C=O) groups is 1. The van der Waals surface area contributed by atoms with Gasteiger partial charge < -0.3 is 15.1 Å². The molecule has 2 N–H and O–H groups in total. The number of carbonyl (C=O) groups excluding carboxylic acids is 1. The van der Waals surface area contributed by atoms with E-state index < -0.39 is 19.7 Å². The Morgan fingerprint density at radius 3 is 2.76 bits per heavy atom. The number of rotatable bonds is 5. The number of pyridine rings is 2. The third kappa shape index (κ3) is 4.62. The first kappa shape index (κ1) is 13.4. The van der Waals surface area contributed by atoms with Gasteiger partial charge >= 0.3 is 0 Å². The molecular weight excluding hydrogens is 366 g/mol. The van der Waals surface area contributed by atoms with Gasteiger partial charge in [0.2, 0.25) is 5.91 Å². The molecular formula is C22H27N5O2. The Kier molecular flexibility index (Phi) is 3.84. The number of aromatic nitrogens is 3. The van der Waals surface area contributed by atoms with Gasteiger partial charge in [0.15, 0.2) is 11.7 Å². The van der Waals surface area contributed by atoms with Gasteiger partial charge in [-0.15, -0.1) is 0 Å². The van der Waals surface area contributed by atoms with E-state index >= 15 is 0 Å². The van der Waals surface area contributed by atoms with Crippen molar-refractivity contribution in [2.24, 2.45) is 5.92 Å². The van der Waals surface area contributed by atoms with Crippen molar-refractivity contribution < 1.29 is 17.4 Å². The lowest BCUT2D eigenvalue weighted by molar-refractivity contribution is -0.120. The fraction of sp³-hybridized carbons (Fsp3) is 0.455. The molecule has 0 aliphatic heterocycles. The monoisotopic (exact) mass is 399 g/mol. The maximum Gasteiger partial charge on any atom is 0.228 e. The van der Waals surface area contributed by atoms with Crippen LogP contribution in [-0.4, -0.2) is 32.9 Å². The SMILES string of the molecule is [2H]C([2H])([2H])C(NC1CCC(C(=O)Nc2cc3nc(-c4cnc(C)o4)ccc3cn2)CC1)C([2H])([2H])[2H]. The molecule has 3 heterocycles. The van der Waals surface area contributed by atoms with Crippen LogP contribution in [0.15, 0.2) is 35.0 Å². The zero-order valence-electron chi connectivity index (χ0n) is 22.1. The van der Waals surface area contributed by atoms with Crippen molar-refractivity contribution in [1.82, 2.24) is 20.3 Å². The fourth-order valence-electron chi connectivity index (χ4n) is 3.69. The van der Waals surface area contributed by atoms with Gasteiger partial charge in [-0.3, -0.25) is 4.79 Å². The van der Waals surface area contributed by atoms with Gasteiger partial charge in [-0.25, -0.2) is 15.0 Å². The number of nitrogens with one attached hydrogen (secondary N) is 2. The first-order chi connectivity index (χ1) is 16.4. The quantitative estimate of drug-likeness (QED) is 0.671. The van der Waals surface area contributed by atoms with Crippen LogP contribution in [0.3, 0.4) is 0 Å². The molecule has 0 radical (unpaired) electrons. The van der Waals surface area contributed by atoms with Crippen molar-refractivity contribution >= 4 is 22.6 Å². The second kappa shape index (κ2) is 8.29. The summed E-state index contributed by atoms with van der Waals surface area (Å²) in [7, 11) is 0. The molecule has 1 saturated carbocycles. The van der Waals surface area contributed by atoms with Crippen LogP contribution >= 0.6 is 0 Å². The summed E-state index contributed by atoms with van der Waals surface area (Å²) in [5.41, 5.74) is 1.27. The minimum absolute atomic E-state index is 0.180. The lowest BCUT2D eigenvalue weighted by Crippen LogP contribution is -2.39. The van der Waals surface area contributed by atoms with Crippen molar-refractivity contribution in [3.8, 4) is 11.5 Å². The van der Waals surface area contributed by atoms with Crippen LogP contribution in [0.2, 0.25) is 0 Å². The van der Waals surface area contributed by atoms with E-state index in [4.69, 9.17) is 12.6 Å². The molecule has 1 amide bonds. The van der Waals surface area contributed by atoms with Gasteiger partial charge in [0.1, 0.15) is 11.5 Å². The van der Waals surface area contributed by atoms with Crippen molar-refractivity contribution in [3.05, 3.63) is 36.5 Å². The average Bonchev–Trinajstić information content (AvgIpc) is 3.22. The van der Waals surface area contributed by atoms with Crippen LogP contribution in [-0.2, 0) is 4.79 Å². The maximum absolute atomic E-state index is 12.8. The molecule has 0 saturated heterocycles. The molecule has 7 nitrogen and oxygen atoms in total. The van der Waals surface area contributed by atoms with E-state index in [0.29, 0.717) is 54.4 Å². The third-order valence-corrected chi connectivity index (χ3v) is 5.20. The number of aryl methyl sites for hydroxylation is 1. The normalized spacial score (nSPS) is 23.5. The summed E-state index contributed by atoms with van der Waals surface area (Å²) < 4.78 is 50.8. The van der Waals surface area contributed by atoms with Crippen molar-refractivity contribution in [3.63, 3.8) is 0 Å². The van der Waals surface area contributed by atoms with Gasteiger partial charge in [0, 0.05) is 50.8 Å². The van der Waals surface area contributed by atoms with E-state index in [0.717, 1.165) is 5.39 Å². The van der Waals surface area contributed by atoms with E-state index in [1.165, 1.54) is 0 Å². The summed E-state index contributed by atoms with van der Waals surface area (Å²) in [6.07, 6.45) is 5.29. The molecule has 1 aliphatic carbocycles. The third-order valence-electron chi connectivity index (χ3n) is 5.20. The van der Waals surface area contributed by atoms with Crippen LogP contribution in [0.1, 0.15) is 53.5 Å². The molecule has 0 spiro atoms. The highest BCUT2D eigenvalue weighted by atomic mass is 16.4. The minimum Gasteiger partial charge on any atom is -0.439 e. The Hall–Kier alpha value is -2.80. The summed E-state index contributed by atoms with van der Waals surface area (Å²) in [5.74, 6) is 1.02. The highest BCUT2D eigenvalue weighted by Gasteiger charge is 2.26. The Labute approximate surface area is 178 Å².